The number of hydrogen-bond donors (Lipinski definition) is 1. The minimum atomic E-state index is -0.457. The molecule has 1 aromatic rings. The zero-order valence-corrected chi connectivity index (χ0v) is 14.5. The molecule has 0 spiro atoms. The molecule has 4 nitrogen and oxygen atoms in total. The summed E-state index contributed by atoms with van der Waals surface area (Å²) < 4.78 is 0. The Bertz CT molecular complexity index is 493. The molecule has 122 valence electrons. The lowest BCUT2D eigenvalue weighted by atomic mass is 9.93. The van der Waals surface area contributed by atoms with Crippen LogP contribution in [0.2, 0.25) is 0 Å². The van der Waals surface area contributed by atoms with Crippen LogP contribution < -0.4 is 5.32 Å². The van der Waals surface area contributed by atoms with E-state index >= 15 is 0 Å². The van der Waals surface area contributed by atoms with E-state index < -0.39 is 6.04 Å². The lowest BCUT2D eigenvalue weighted by Gasteiger charge is -2.35. The first-order chi connectivity index (χ1) is 10.5. The Hall–Kier alpha value is -1.36. The Morgan fingerprint density at radius 3 is 2.50 bits per heavy atom. The fourth-order valence-electron chi connectivity index (χ4n) is 3.00. The average Bonchev–Trinajstić information content (AvgIpc) is 3.06. The van der Waals surface area contributed by atoms with E-state index in [-0.39, 0.29) is 17.7 Å². The van der Waals surface area contributed by atoms with Gasteiger partial charge in [-0.05, 0) is 30.2 Å². The number of nitrogens with zero attached hydrogens (tertiary/aromatic N) is 1. The monoisotopic (exact) mass is 322 g/mol. The molecule has 1 aromatic heterocycles. The highest BCUT2D eigenvalue weighted by molar-refractivity contribution is 7.12. The first kappa shape index (κ1) is 17.0. The maximum absolute atomic E-state index is 12.8. The zero-order valence-electron chi connectivity index (χ0n) is 13.7. The van der Waals surface area contributed by atoms with Crippen LogP contribution in [0.1, 0.15) is 55.6 Å². The summed E-state index contributed by atoms with van der Waals surface area (Å²) in [6.45, 7) is 3.96. The summed E-state index contributed by atoms with van der Waals surface area (Å²) in [5.41, 5.74) is 0. The molecule has 1 N–H and O–H groups in total. The van der Waals surface area contributed by atoms with Crippen molar-refractivity contribution in [2.45, 2.75) is 58.0 Å². The summed E-state index contributed by atoms with van der Waals surface area (Å²) in [5, 5.41) is 4.79. The van der Waals surface area contributed by atoms with Crippen molar-refractivity contribution in [3.63, 3.8) is 0 Å². The number of nitrogens with one attached hydrogen (secondary N) is 1. The number of amides is 2. The average molecular weight is 322 g/mol. The molecule has 1 aliphatic rings. The van der Waals surface area contributed by atoms with Crippen LogP contribution in [0.25, 0.3) is 0 Å². The predicted molar refractivity (Wildman–Crippen MR) is 90.1 cm³/mol. The van der Waals surface area contributed by atoms with E-state index in [4.69, 9.17) is 0 Å². The molecule has 1 aliphatic carbocycles. The van der Waals surface area contributed by atoms with Gasteiger partial charge in [0.1, 0.15) is 6.04 Å². The van der Waals surface area contributed by atoms with Crippen molar-refractivity contribution < 1.29 is 9.59 Å². The van der Waals surface area contributed by atoms with E-state index in [0.717, 1.165) is 12.8 Å². The summed E-state index contributed by atoms with van der Waals surface area (Å²) in [4.78, 5) is 27.6. The maximum atomic E-state index is 12.8. The molecule has 1 atom stereocenters. The van der Waals surface area contributed by atoms with Crippen molar-refractivity contribution in [3.8, 4) is 0 Å². The summed E-state index contributed by atoms with van der Waals surface area (Å²) in [6, 6.07) is 3.50. The second-order valence-electron chi connectivity index (χ2n) is 6.41. The molecule has 0 aromatic carbocycles. The molecule has 2 amide bonds. The van der Waals surface area contributed by atoms with Crippen molar-refractivity contribution in [1.29, 1.82) is 0 Å². The Morgan fingerprint density at radius 1 is 1.27 bits per heavy atom. The summed E-state index contributed by atoms with van der Waals surface area (Å²) >= 11 is 1.40. The van der Waals surface area contributed by atoms with Crippen LogP contribution in [0.3, 0.4) is 0 Å². The number of rotatable bonds is 5. The van der Waals surface area contributed by atoms with Gasteiger partial charge >= 0.3 is 0 Å². The molecule has 1 unspecified atom stereocenters. The Kier molecular flexibility index (Phi) is 6.00. The number of hydrogen-bond acceptors (Lipinski definition) is 3. The molecule has 0 bridgehead atoms. The molecule has 0 radical (unpaired) electrons. The van der Waals surface area contributed by atoms with Crippen LogP contribution in [0, 0.1) is 5.92 Å². The highest BCUT2D eigenvalue weighted by Crippen LogP contribution is 2.23. The predicted octanol–water partition coefficient (Wildman–Crippen LogP) is 3.29. The quantitative estimate of drug-likeness (QED) is 0.904. The van der Waals surface area contributed by atoms with Gasteiger partial charge in [-0.1, -0.05) is 39.2 Å². The van der Waals surface area contributed by atoms with E-state index in [1.54, 1.807) is 6.07 Å². The second kappa shape index (κ2) is 7.77. The largest absolute Gasteiger partial charge is 0.341 e. The topological polar surface area (TPSA) is 49.4 Å². The van der Waals surface area contributed by atoms with Crippen LogP contribution in [-0.4, -0.2) is 35.8 Å². The smallest absolute Gasteiger partial charge is 0.262 e. The SMILES string of the molecule is CC(C)C(NC(=O)c1cccs1)C(=O)N(C)C1CCCCC1. The van der Waals surface area contributed by atoms with Gasteiger partial charge in [0.2, 0.25) is 5.91 Å². The summed E-state index contributed by atoms with van der Waals surface area (Å²) in [5.74, 6) is -0.0478. The van der Waals surface area contributed by atoms with Gasteiger partial charge in [-0.3, -0.25) is 9.59 Å². The van der Waals surface area contributed by atoms with Crippen molar-refractivity contribution in [2.75, 3.05) is 7.05 Å². The van der Waals surface area contributed by atoms with Crippen LogP contribution in [0.15, 0.2) is 17.5 Å². The standard InChI is InChI=1S/C17H26N2O2S/c1-12(2)15(18-16(20)14-10-7-11-22-14)17(21)19(3)13-8-5-4-6-9-13/h7,10-13,15H,4-6,8-9H2,1-3H3,(H,18,20). The number of carbonyl (C=O) groups excluding carboxylic acids is 2. The highest BCUT2D eigenvalue weighted by Gasteiger charge is 2.31. The fourth-order valence-corrected chi connectivity index (χ4v) is 3.63. The third-order valence-electron chi connectivity index (χ3n) is 4.43. The van der Waals surface area contributed by atoms with Crippen molar-refractivity contribution in [3.05, 3.63) is 22.4 Å². The number of thiophene rings is 1. The minimum Gasteiger partial charge on any atom is -0.341 e. The van der Waals surface area contributed by atoms with Crippen molar-refractivity contribution in [2.24, 2.45) is 5.92 Å². The zero-order chi connectivity index (χ0) is 16.1. The second-order valence-corrected chi connectivity index (χ2v) is 7.36. The van der Waals surface area contributed by atoms with E-state index in [1.807, 2.05) is 37.2 Å². The lowest BCUT2D eigenvalue weighted by Crippen LogP contribution is -2.52. The third-order valence-corrected chi connectivity index (χ3v) is 5.30. The Balaban J connectivity index is 2.03. The van der Waals surface area contributed by atoms with E-state index in [1.165, 1.54) is 30.6 Å². The molecular weight excluding hydrogens is 296 g/mol. The molecule has 1 heterocycles. The Labute approximate surface area is 136 Å². The molecule has 0 saturated heterocycles. The first-order valence-electron chi connectivity index (χ1n) is 8.11. The molecular formula is C17H26N2O2S. The normalized spacial score (nSPS) is 17.3. The van der Waals surface area contributed by atoms with Gasteiger partial charge in [0.25, 0.3) is 5.91 Å². The van der Waals surface area contributed by atoms with Gasteiger partial charge in [-0.15, -0.1) is 11.3 Å². The highest BCUT2D eigenvalue weighted by atomic mass is 32.1. The Morgan fingerprint density at radius 2 is 1.95 bits per heavy atom. The van der Waals surface area contributed by atoms with Gasteiger partial charge in [-0.25, -0.2) is 0 Å². The molecule has 0 aliphatic heterocycles. The summed E-state index contributed by atoms with van der Waals surface area (Å²) in [7, 11) is 1.88. The first-order valence-corrected chi connectivity index (χ1v) is 8.99. The van der Waals surface area contributed by atoms with E-state index in [9.17, 15) is 9.59 Å². The van der Waals surface area contributed by atoms with Gasteiger partial charge in [0, 0.05) is 13.1 Å². The third kappa shape index (κ3) is 4.09. The van der Waals surface area contributed by atoms with E-state index in [0.29, 0.717) is 10.9 Å². The van der Waals surface area contributed by atoms with Gasteiger partial charge in [0.05, 0.1) is 4.88 Å². The maximum Gasteiger partial charge on any atom is 0.262 e. The van der Waals surface area contributed by atoms with Gasteiger partial charge < -0.3 is 10.2 Å². The lowest BCUT2D eigenvalue weighted by molar-refractivity contribution is -0.135. The molecule has 2 rings (SSSR count). The fraction of sp³-hybridized carbons (Fsp3) is 0.647. The van der Waals surface area contributed by atoms with Crippen molar-refractivity contribution in [1.82, 2.24) is 10.2 Å². The number of carbonyl (C=O) groups is 2. The van der Waals surface area contributed by atoms with Gasteiger partial charge in [0.15, 0.2) is 0 Å². The molecule has 22 heavy (non-hydrogen) atoms. The summed E-state index contributed by atoms with van der Waals surface area (Å²) in [6.07, 6.45) is 5.80. The molecule has 1 saturated carbocycles. The number of likely N-dealkylation sites (N-methyl/N-ethyl adjacent to an activating group) is 1. The minimum absolute atomic E-state index is 0.0341. The molecule has 1 fully saturated rings. The van der Waals surface area contributed by atoms with Crippen LogP contribution in [0.4, 0.5) is 0 Å². The van der Waals surface area contributed by atoms with Crippen LogP contribution in [0.5, 0.6) is 0 Å². The van der Waals surface area contributed by atoms with Crippen LogP contribution in [-0.2, 0) is 4.79 Å². The molecule has 5 heteroatoms. The van der Waals surface area contributed by atoms with Crippen LogP contribution >= 0.6 is 11.3 Å². The van der Waals surface area contributed by atoms with Gasteiger partial charge in [-0.2, -0.15) is 0 Å². The van der Waals surface area contributed by atoms with Crippen molar-refractivity contribution >= 4 is 23.2 Å². The van der Waals surface area contributed by atoms with E-state index in [2.05, 4.69) is 5.32 Å².